The highest BCUT2D eigenvalue weighted by Crippen LogP contribution is 2.25. The molecule has 0 aliphatic heterocycles. The van der Waals surface area contributed by atoms with Crippen LogP contribution in [0.2, 0.25) is 0 Å². The van der Waals surface area contributed by atoms with Crippen molar-refractivity contribution in [2.75, 3.05) is 12.8 Å². The van der Waals surface area contributed by atoms with Gasteiger partial charge in [0.15, 0.2) is 16.7 Å². The number of anilines is 1. The Morgan fingerprint density at radius 2 is 2.32 bits per heavy atom. The summed E-state index contributed by atoms with van der Waals surface area (Å²) in [6.45, 7) is 0. The van der Waals surface area contributed by atoms with E-state index in [0.29, 0.717) is 16.5 Å². The van der Waals surface area contributed by atoms with Gasteiger partial charge in [-0.3, -0.25) is 4.79 Å². The number of rotatable bonds is 4. The fourth-order valence-corrected chi connectivity index (χ4v) is 2.35. The van der Waals surface area contributed by atoms with Crippen LogP contribution in [0.3, 0.4) is 0 Å². The molecule has 1 heterocycles. The quantitative estimate of drug-likeness (QED) is 0.659. The standard InChI is InChI=1S/C12H12FN3O2S/c1-18-8-4-2-3-7(11(8)13)6-19-12-15-9(14)5-10(17)16-12/h2-5H,6H2,1H3,(H3,14,15,16,17). The molecule has 0 unspecified atom stereocenters. The van der Waals surface area contributed by atoms with Gasteiger partial charge in [0, 0.05) is 17.4 Å². The molecule has 0 saturated carbocycles. The van der Waals surface area contributed by atoms with Gasteiger partial charge in [-0.15, -0.1) is 0 Å². The molecule has 7 heteroatoms. The Bertz CT molecular complexity index is 645. The molecule has 0 fully saturated rings. The fourth-order valence-electron chi connectivity index (χ4n) is 1.49. The smallest absolute Gasteiger partial charge is 0.253 e. The lowest BCUT2D eigenvalue weighted by Crippen LogP contribution is -2.09. The van der Waals surface area contributed by atoms with Crippen LogP contribution in [0, 0.1) is 5.82 Å². The van der Waals surface area contributed by atoms with Gasteiger partial charge in [0.2, 0.25) is 0 Å². The van der Waals surface area contributed by atoms with Crippen LogP contribution in [0.4, 0.5) is 10.2 Å². The third kappa shape index (κ3) is 3.25. The number of thioether (sulfide) groups is 1. The van der Waals surface area contributed by atoms with Crippen molar-refractivity contribution < 1.29 is 9.13 Å². The van der Waals surface area contributed by atoms with E-state index < -0.39 is 5.82 Å². The first-order valence-electron chi connectivity index (χ1n) is 5.41. The van der Waals surface area contributed by atoms with Crippen molar-refractivity contribution in [3.63, 3.8) is 0 Å². The van der Waals surface area contributed by atoms with E-state index in [4.69, 9.17) is 10.5 Å². The maximum absolute atomic E-state index is 13.9. The molecule has 0 aliphatic carbocycles. The molecule has 0 radical (unpaired) electrons. The number of hydrogen-bond donors (Lipinski definition) is 2. The van der Waals surface area contributed by atoms with Crippen LogP contribution in [0.25, 0.3) is 0 Å². The molecule has 0 aliphatic rings. The third-order valence-electron chi connectivity index (χ3n) is 2.37. The Morgan fingerprint density at radius 1 is 1.53 bits per heavy atom. The van der Waals surface area contributed by atoms with Crippen LogP contribution < -0.4 is 16.0 Å². The topological polar surface area (TPSA) is 81.0 Å². The summed E-state index contributed by atoms with van der Waals surface area (Å²) in [5, 5.41) is 0.354. The summed E-state index contributed by atoms with van der Waals surface area (Å²) in [6, 6.07) is 6.09. The highest BCUT2D eigenvalue weighted by atomic mass is 32.2. The maximum Gasteiger partial charge on any atom is 0.253 e. The van der Waals surface area contributed by atoms with Gasteiger partial charge < -0.3 is 15.5 Å². The van der Waals surface area contributed by atoms with Crippen molar-refractivity contribution in [2.45, 2.75) is 10.9 Å². The molecule has 2 aromatic rings. The average Bonchev–Trinajstić information content (AvgIpc) is 2.36. The lowest BCUT2D eigenvalue weighted by molar-refractivity contribution is 0.385. The molecule has 0 atom stereocenters. The van der Waals surface area contributed by atoms with Gasteiger partial charge in [0.05, 0.1) is 7.11 Å². The van der Waals surface area contributed by atoms with E-state index in [-0.39, 0.29) is 17.1 Å². The van der Waals surface area contributed by atoms with Crippen molar-refractivity contribution in [3.8, 4) is 5.75 Å². The predicted octanol–water partition coefficient (Wildman–Crippen LogP) is 1.79. The minimum absolute atomic E-state index is 0.136. The Labute approximate surface area is 113 Å². The minimum Gasteiger partial charge on any atom is -0.494 e. The van der Waals surface area contributed by atoms with Gasteiger partial charge in [0.25, 0.3) is 5.56 Å². The second kappa shape index (κ2) is 5.75. The van der Waals surface area contributed by atoms with Gasteiger partial charge >= 0.3 is 0 Å². The zero-order chi connectivity index (χ0) is 13.8. The molecule has 0 spiro atoms. The van der Waals surface area contributed by atoms with E-state index >= 15 is 0 Å². The Morgan fingerprint density at radius 3 is 3.00 bits per heavy atom. The molecule has 1 aromatic carbocycles. The molecule has 5 nitrogen and oxygen atoms in total. The highest BCUT2D eigenvalue weighted by molar-refractivity contribution is 7.98. The molecule has 0 bridgehead atoms. The van der Waals surface area contributed by atoms with E-state index in [9.17, 15) is 9.18 Å². The van der Waals surface area contributed by atoms with Crippen molar-refractivity contribution in [1.82, 2.24) is 9.97 Å². The third-order valence-corrected chi connectivity index (χ3v) is 3.29. The summed E-state index contributed by atoms with van der Waals surface area (Å²) >= 11 is 1.19. The summed E-state index contributed by atoms with van der Waals surface area (Å²) in [4.78, 5) is 17.7. The van der Waals surface area contributed by atoms with Gasteiger partial charge in [0.1, 0.15) is 5.82 Å². The van der Waals surface area contributed by atoms with Crippen LogP contribution in [-0.4, -0.2) is 17.1 Å². The number of nitrogens with one attached hydrogen (secondary N) is 1. The second-order valence-corrected chi connectivity index (χ2v) is 4.66. The molecule has 3 N–H and O–H groups in total. The number of nitrogens with two attached hydrogens (primary N) is 1. The molecule has 0 saturated heterocycles. The fraction of sp³-hybridized carbons (Fsp3) is 0.167. The number of hydrogen-bond acceptors (Lipinski definition) is 5. The molecule has 19 heavy (non-hydrogen) atoms. The number of benzene rings is 1. The van der Waals surface area contributed by atoms with Crippen LogP contribution in [0.5, 0.6) is 5.75 Å². The Balaban J connectivity index is 2.16. The van der Waals surface area contributed by atoms with E-state index in [1.54, 1.807) is 18.2 Å². The number of nitrogens with zero attached hydrogens (tertiary/aromatic N) is 1. The molecule has 1 aromatic heterocycles. The number of nitrogen functional groups attached to an aromatic ring is 1. The van der Waals surface area contributed by atoms with Crippen molar-refractivity contribution in [2.24, 2.45) is 0 Å². The lowest BCUT2D eigenvalue weighted by Gasteiger charge is -2.06. The first-order valence-corrected chi connectivity index (χ1v) is 6.39. The monoisotopic (exact) mass is 281 g/mol. The van der Waals surface area contributed by atoms with Gasteiger partial charge in [-0.05, 0) is 6.07 Å². The van der Waals surface area contributed by atoms with E-state index in [1.165, 1.54) is 24.9 Å². The number of aromatic amines is 1. The normalized spacial score (nSPS) is 10.4. The van der Waals surface area contributed by atoms with E-state index in [0.717, 1.165) is 0 Å². The summed E-state index contributed by atoms with van der Waals surface area (Å²) in [5.41, 5.74) is 5.60. The lowest BCUT2D eigenvalue weighted by atomic mass is 10.2. The van der Waals surface area contributed by atoms with Gasteiger partial charge in [-0.1, -0.05) is 23.9 Å². The minimum atomic E-state index is -0.413. The number of ether oxygens (including phenoxy) is 1. The zero-order valence-electron chi connectivity index (χ0n) is 10.1. The van der Waals surface area contributed by atoms with Gasteiger partial charge in [-0.25, -0.2) is 9.37 Å². The first-order chi connectivity index (χ1) is 9.10. The number of aromatic nitrogens is 2. The zero-order valence-corrected chi connectivity index (χ0v) is 11.0. The van der Waals surface area contributed by atoms with Crippen molar-refractivity contribution in [3.05, 3.63) is 46.0 Å². The van der Waals surface area contributed by atoms with Crippen molar-refractivity contribution >= 4 is 17.6 Å². The molecule has 2 rings (SSSR count). The summed E-state index contributed by atoms with van der Waals surface area (Å²) < 4.78 is 18.8. The molecule has 0 amide bonds. The van der Waals surface area contributed by atoms with Crippen LogP contribution >= 0.6 is 11.8 Å². The average molecular weight is 281 g/mol. The molecular weight excluding hydrogens is 269 g/mol. The van der Waals surface area contributed by atoms with E-state index in [1.807, 2.05) is 0 Å². The molecular formula is C12H12FN3O2S. The number of H-pyrrole nitrogens is 1. The molecule has 100 valence electrons. The Hall–Kier alpha value is -2.02. The second-order valence-electron chi connectivity index (χ2n) is 3.70. The Kier molecular flexibility index (Phi) is 4.06. The van der Waals surface area contributed by atoms with Crippen LogP contribution in [0.15, 0.2) is 34.2 Å². The largest absolute Gasteiger partial charge is 0.494 e. The predicted molar refractivity (Wildman–Crippen MR) is 71.8 cm³/mol. The number of halogens is 1. The van der Waals surface area contributed by atoms with Crippen LogP contribution in [0.1, 0.15) is 5.56 Å². The highest BCUT2D eigenvalue weighted by Gasteiger charge is 2.09. The summed E-state index contributed by atoms with van der Waals surface area (Å²) in [5.74, 6) is 0.225. The van der Waals surface area contributed by atoms with Crippen LogP contribution in [-0.2, 0) is 5.75 Å². The van der Waals surface area contributed by atoms with E-state index in [2.05, 4.69) is 9.97 Å². The number of methoxy groups -OCH3 is 1. The first kappa shape index (κ1) is 13.4. The SMILES string of the molecule is COc1cccc(CSc2nc(N)cc(=O)[nH]2)c1F. The van der Waals surface area contributed by atoms with Crippen molar-refractivity contribution in [1.29, 1.82) is 0 Å². The van der Waals surface area contributed by atoms with Gasteiger partial charge in [-0.2, -0.15) is 0 Å². The maximum atomic E-state index is 13.9. The summed E-state index contributed by atoms with van der Waals surface area (Å²) in [6.07, 6.45) is 0. The summed E-state index contributed by atoms with van der Waals surface area (Å²) in [7, 11) is 1.41.